The van der Waals surface area contributed by atoms with Crippen molar-refractivity contribution < 1.29 is 38.1 Å². The number of hydrogen-bond donors (Lipinski definition) is 0. The zero-order chi connectivity index (χ0) is 24.8. The minimum Gasteiger partial charge on any atom is -0.494 e. The lowest BCUT2D eigenvalue weighted by Gasteiger charge is -2.08. The van der Waals surface area contributed by atoms with E-state index in [9.17, 15) is 19.2 Å². The molecule has 8 nitrogen and oxygen atoms in total. The van der Waals surface area contributed by atoms with Crippen molar-refractivity contribution in [3.63, 3.8) is 0 Å². The molecule has 0 unspecified atom stereocenters. The summed E-state index contributed by atoms with van der Waals surface area (Å²) in [6.45, 7) is 3.27. The van der Waals surface area contributed by atoms with E-state index in [0.717, 1.165) is 25.7 Å². The van der Waals surface area contributed by atoms with Crippen molar-refractivity contribution in [1.29, 1.82) is 0 Å². The molecule has 0 atom stereocenters. The summed E-state index contributed by atoms with van der Waals surface area (Å²) in [5.41, 5.74) is 0.841. The van der Waals surface area contributed by atoms with Crippen LogP contribution in [0.25, 0.3) is 0 Å². The number of carbonyl (C=O) groups excluding carboxylic acids is 4. The van der Waals surface area contributed by atoms with Crippen LogP contribution in [-0.2, 0) is 19.1 Å². The van der Waals surface area contributed by atoms with Gasteiger partial charge in [0.15, 0.2) is 18.2 Å². The highest BCUT2D eigenvalue weighted by atomic mass is 16.5. The van der Waals surface area contributed by atoms with Crippen LogP contribution in [0.1, 0.15) is 60.2 Å². The number of esters is 2. The molecule has 0 heterocycles. The van der Waals surface area contributed by atoms with E-state index in [1.807, 2.05) is 0 Å². The molecule has 0 saturated heterocycles. The fourth-order valence-electron chi connectivity index (χ4n) is 2.86. The van der Waals surface area contributed by atoms with E-state index in [4.69, 9.17) is 18.9 Å². The number of ether oxygens (including phenoxy) is 4. The molecular formula is C26H30O8. The van der Waals surface area contributed by atoms with Crippen molar-refractivity contribution in [2.45, 2.75) is 39.5 Å². The van der Waals surface area contributed by atoms with Gasteiger partial charge in [-0.3, -0.25) is 14.4 Å². The van der Waals surface area contributed by atoms with Crippen LogP contribution in [0.4, 0.5) is 0 Å². The average Bonchev–Trinajstić information content (AvgIpc) is 2.83. The van der Waals surface area contributed by atoms with Gasteiger partial charge in [-0.05, 0) is 81.1 Å². The number of carbonyl (C=O) groups is 4. The molecule has 0 aliphatic heterocycles. The second-order valence-corrected chi connectivity index (χ2v) is 7.64. The molecule has 34 heavy (non-hydrogen) atoms. The number of benzene rings is 2. The fraction of sp³-hybridized carbons (Fsp3) is 0.385. The number of Topliss-reactive ketones (excluding diaryl/α,β-unsaturated/α-hetero) is 2. The Bertz CT molecular complexity index is 868. The molecule has 0 radical (unpaired) electrons. The Morgan fingerprint density at radius 1 is 0.618 bits per heavy atom. The highest BCUT2D eigenvalue weighted by Crippen LogP contribution is 2.15. The summed E-state index contributed by atoms with van der Waals surface area (Å²) < 4.78 is 20.9. The van der Waals surface area contributed by atoms with Crippen LogP contribution in [0.5, 0.6) is 11.5 Å². The summed E-state index contributed by atoms with van der Waals surface area (Å²) in [6, 6.07) is 13.4. The van der Waals surface area contributed by atoms with E-state index in [2.05, 4.69) is 0 Å². The highest BCUT2D eigenvalue weighted by Gasteiger charge is 2.09. The minimum atomic E-state index is -0.535. The van der Waals surface area contributed by atoms with E-state index in [-0.39, 0.29) is 24.8 Å². The van der Waals surface area contributed by atoms with Crippen LogP contribution in [0, 0.1) is 0 Å². The van der Waals surface area contributed by atoms with Crippen LogP contribution in [0.15, 0.2) is 48.5 Å². The standard InChI is InChI=1S/C26H30O8/c1-19(27)17-34-26(30)22-9-13-24(14-10-22)32-16-6-4-3-5-15-31-23-11-7-21(8-12-23)25(29)18-33-20(2)28/h7-14H,3-6,15-18H2,1-2H3. The van der Waals surface area contributed by atoms with Gasteiger partial charge in [0.2, 0.25) is 0 Å². The molecule has 8 heteroatoms. The molecule has 2 aromatic rings. The second-order valence-electron chi connectivity index (χ2n) is 7.64. The van der Waals surface area contributed by atoms with Gasteiger partial charge in [-0.15, -0.1) is 0 Å². The zero-order valence-corrected chi connectivity index (χ0v) is 19.5. The molecule has 0 aliphatic carbocycles. The highest BCUT2D eigenvalue weighted by molar-refractivity contribution is 5.98. The Hall–Kier alpha value is -3.68. The maximum Gasteiger partial charge on any atom is 0.338 e. The van der Waals surface area contributed by atoms with Crippen LogP contribution in [0.2, 0.25) is 0 Å². The largest absolute Gasteiger partial charge is 0.494 e. The van der Waals surface area contributed by atoms with Gasteiger partial charge in [-0.2, -0.15) is 0 Å². The molecule has 0 N–H and O–H groups in total. The molecule has 0 amide bonds. The molecule has 0 aromatic heterocycles. The second kappa shape index (κ2) is 14.5. The lowest BCUT2D eigenvalue weighted by atomic mass is 10.1. The van der Waals surface area contributed by atoms with Gasteiger partial charge < -0.3 is 18.9 Å². The van der Waals surface area contributed by atoms with Crippen LogP contribution >= 0.6 is 0 Å². The van der Waals surface area contributed by atoms with Gasteiger partial charge in [-0.1, -0.05) is 0 Å². The van der Waals surface area contributed by atoms with Crippen molar-refractivity contribution in [3.8, 4) is 11.5 Å². The summed E-state index contributed by atoms with van der Waals surface area (Å²) in [7, 11) is 0. The Kier molecular flexibility index (Phi) is 11.3. The maximum absolute atomic E-state index is 11.9. The number of ketones is 2. The SMILES string of the molecule is CC(=O)COC(=O)c1ccc(OCCCCCCOc2ccc(C(=O)COC(C)=O)cc2)cc1. The van der Waals surface area contributed by atoms with Crippen molar-refractivity contribution >= 4 is 23.5 Å². The van der Waals surface area contributed by atoms with Gasteiger partial charge in [0.1, 0.15) is 18.1 Å². The molecule has 0 saturated carbocycles. The third-order valence-electron chi connectivity index (χ3n) is 4.66. The zero-order valence-electron chi connectivity index (χ0n) is 19.5. The van der Waals surface area contributed by atoms with Crippen LogP contribution in [-0.4, -0.2) is 49.9 Å². The summed E-state index contributed by atoms with van der Waals surface area (Å²) >= 11 is 0. The molecular weight excluding hydrogens is 440 g/mol. The number of unbranched alkanes of at least 4 members (excludes halogenated alkanes) is 3. The average molecular weight is 471 g/mol. The van der Waals surface area contributed by atoms with Gasteiger partial charge >= 0.3 is 11.9 Å². The topological polar surface area (TPSA) is 105 Å². The Morgan fingerprint density at radius 2 is 1.12 bits per heavy atom. The third-order valence-corrected chi connectivity index (χ3v) is 4.66. The number of hydrogen-bond acceptors (Lipinski definition) is 8. The van der Waals surface area contributed by atoms with Crippen molar-refractivity contribution in [2.75, 3.05) is 26.4 Å². The summed E-state index contributed by atoms with van der Waals surface area (Å²) in [5.74, 6) is -0.136. The van der Waals surface area contributed by atoms with Gasteiger partial charge in [0.25, 0.3) is 0 Å². The molecule has 0 bridgehead atoms. The predicted octanol–water partition coefficient (Wildman–Crippen LogP) is 4.20. The summed E-state index contributed by atoms with van der Waals surface area (Å²) in [6.07, 6.45) is 3.76. The molecule has 0 spiro atoms. The number of rotatable bonds is 15. The Balaban J connectivity index is 1.55. The molecule has 2 rings (SSSR count). The van der Waals surface area contributed by atoms with E-state index >= 15 is 0 Å². The first kappa shape index (κ1) is 26.6. The Labute approximate surface area is 199 Å². The van der Waals surface area contributed by atoms with Gasteiger partial charge in [0.05, 0.1) is 18.8 Å². The first-order valence-electron chi connectivity index (χ1n) is 11.1. The van der Waals surface area contributed by atoms with E-state index in [0.29, 0.717) is 35.8 Å². The smallest absolute Gasteiger partial charge is 0.338 e. The maximum atomic E-state index is 11.9. The first-order chi connectivity index (χ1) is 16.3. The molecule has 0 fully saturated rings. The molecule has 182 valence electrons. The molecule has 2 aromatic carbocycles. The summed E-state index contributed by atoms with van der Waals surface area (Å²) in [5, 5.41) is 0. The lowest BCUT2D eigenvalue weighted by molar-refractivity contribution is -0.139. The summed E-state index contributed by atoms with van der Waals surface area (Å²) in [4.78, 5) is 45.3. The van der Waals surface area contributed by atoms with Gasteiger partial charge in [0, 0.05) is 12.5 Å². The monoisotopic (exact) mass is 470 g/mol. The minimum absolute atomic E-state index is 0.208. The lowest BCUT2D eigenvalue weighted by Crippen LogP contribution is -2.11. The van der Waals surface area contributed by atoms with Gasteiger partial charge in [-0.25, -0.2) is 4.79 Å². The van der Waals surface area contributed by atoms with Crippen LogP contribution in [0.3, 0.4) is 0 Å². The van der Waals surface area contributed by atoms with Crippen molar-refractivity contribution in [2.24, 2.45) is 0 Å². The van der Waals surface area contributed by atoms with E-state index < -0.39 is 11.9 Å². The van der Waals surface area contributed by atoms with Crippen LogP contribution < -0.4 is 9.47 Å². The predicted molar refractivity (Wildman–Crippen MR) is 124 cm³/mol. The van der Waals surface area contributed by atoms with Crippen molar-refractivity contribution in [1.82, 2.24) is 0 Å². The first-order valence-corrected chi connectivity index (χ1v) is 11.1. The quantitative estimate of drug-likeness (QED) is 0.217. The third kappa shape index (κ3) is 10.3. The Morgan fingerprint density at radius 3 is 1.59 bits per heavy atom. The molecule has 0 aliphatic rings. The van der Waals surface area contributed by atoms with E-state index in [1.54, 1.807) is 48.5 Å². The van der Waals surface area contributed by atoms with Crippen molar-refractivity contribution in [3.05, 3.63) is 59.7 Å². The normalized spacial score (nSPS) is 10.3. The fourth-order valence-corrected chi connectivity index (χ4v) is 2.86. The van der Waals surface area contributed by atoms with E-state index in [1.165, 1.54) is 13.8 Å².